The Hall–Kier alpha value is -1.30. The van der Waals surface area contributed by atoms with Gasteiger partial charge in [-0.2, -0.15) is 0 Å². The molecule has 0 heterocycles. The fraction of sp³-hybridized carbons (Fsp3) is 0.818. The van der Waals surface area contributed by atoms with Crippen molar-refractivity contribution in [3.8, 4) is 0 Å². The summed E-state index contributed by atoms with van der Waals surface area (Å²) in [5.74, 6) is -0.767. The Labute approximate surface area is 102 Å². The summed E-state index contributed by atoms with van der Waals surface area (Å²) < 4.78 is 0. The minimum atomic E-state index is -1.13. The number of carboxylic acid groups (broad SMARTS) is 1. The van der Waals surface area contributed by atoms with Crippen molar-refractivity contribution in [2.75, 3.05) is 20.2 Å². The van der Waals surface area contributed by atoms with E-state index < -0.39 is 18.0 Å². The van der Waals surface area contributed by atoms with E-state index in [1.54, 1.807) is 7.05 Å². The molecule has 0 saturated carbocycles. The highest BCUT2D eigenvalue weighted by Crippen LogP contribution is 2.03. The number of aliphatic hydroxyl groups excluding tert-OH is 1. The first-order chi connectivity index (χ1) is 7.92. The summed E-state index contributed by atoms with van der Waals surface area (Å²) in [6, 6.07) is -1.46. The molecule has 0 bridgehead atoms. The van der Waals surface area contributed by atoms with Crippen molar-refractivity contribution in [3.63, 3.8) is 0 Å². The second-order valence-corrected chi connectivity index (χ2v) is 4.25. The first kappa shape index (κ1) is 15.7. The van der Waals surface area contributed by atoms with Gasteiger partial charge >= 0.3 is 12.0 Å². The molecule has 17 heavy (non-hydrogen) atoms. The van der Waals surface area contributed by atoms with Gasteiger partial charge in [0.1, 0.15) is 6.04 Å². The minimum absolute atomic E-state index is 0.0121. The number of carboxylic acids is 1. The van der Waals surface area contributed by atoms with E-state index in [0.29, 0.717) is 12.5 Å². The molecule has 0 aliphatic heterocycles. The van der Waals surface area contributed by atoms with Gasteiger partial charge in [-0.3, -0.25) is 0 Å². The molecule has 3 N–H and O–H groups in total. The van der Waals surface area contributed by atoms with E-state index in [-0.39, 0.29) is 13.0 Å². The fourth-order valence-corrected chi connectivity index (χ4v) is 1.33. The van der Waals surface area contributed by atoms with Crippen molar-refractivity contribution in [2.24, 2.45) is 5.92 Å². The SMILES string of the molecule is CCC(C)CN(C)C(=O)N[C@H](CCO)C(=O)O. The molecule has 0 saturated heterocycles. The number of hydrogen-bond acceptors (Lipinski definition) is 3. The zero-order valence-electron chi connectivity index (χ0n) is 10.6. The summed E-state index contributed by atoms with van der Waals surface area (Å²) in [6.45, 7) is 4.36. The molecule has 6 nitrogen and oxygen atoms in total. The van der Waals surface area contributed by atoms with E-state index in [1.807, 2.05) is 13.8 Å². The Bertz CT molecular complexity index is 258. The van der Waals surface area contributed by atoms with Gasteiger partial charge in [-0.1, -0.05) is 20.3 Å². The van der Waals surface area contributed by atoms with E-state index in [2.05, 4.69) is 5.32 Å². The lowest BCUT2D eigenvalue weighted by Gasteiger charge is -2.23. The Balaban J connectivity index is 4.25. The summed E-state index contributed by atoms with van der Waals surface area (Å²) in [7, 11) is 1.62. The summed E-state index contributed by atoms with van der Waals surface area (Å²) in [5, 5.41) is 19.9. The van der Waals surface area contributed by atoms with Gasteiger partial charge in [-0.25, -0.2) is 9.59 Å². The number of nitrogens with zero attached hydrogens (tertiary/aromatic N) is 1. The molecule has 0 fully saturated rings. The standard InChI is InChI=1S/C11H22N2O4/c1-4-8(2)7-13(3)11(17)12-9(5-6-14)10(15)16/h8-9,14H,4-7H2,1-3H3,(H,12,17)(H,15,16)/t8?,9-/m1/s1. The minimum Gasteiger partial charge on any atom is -0.480 e. The Morgan fingerprint density at radius 3 is 2.41 bits per heavy atom. The second kappa shape index (κ2) is 7.89. The number of aliphatic carboxylic acids is 1. The molecule has 6 heteroatoms. The van der Waals surface area contributed by atoms with Gasteiger partial charge in [0.15, 0.2) is 0 Å². The second-order valence-electron chi connectivity index (χ2n) is 4.25. The van der Waals surface area contributed by atoms with Crippen LogP contribution in [0.3, 0.4) is 0 Å². The first-order valence-electron chi connectivity index (χ1n) is 5.77. The van der Waals surface area contributed by atoms with Gasteiger partial charge in [-0.15, -0.1) is 0 Å². The number of amides is 2. The van der Waals surface area contributed by atoms with E-state index >= 15 is 0 Å². The highest BCUT2D eigenvalue weighted by Gasteiger charge is 2.21. The van der Waals surface area contributed by atoms with Crippen LogP contribution in [0.5, 0.6) is 0 Å². The van der Waals surface area contributed by atoms with E-state index in [1.165, 1.54) is 4.90 Å². The molecule has 2 amide bonds. The van der Waals surface area contributed by atoms with Gasteiger partial charge in [-0.05, 0) is 5.92 Å². The predicted molar refractivity (Wildman–Crippen MR) is 63.7 cm³/mol. The quantitative estimate of drug-likeness (QED) is 0.610. The molecule has 2 atom stereocenters. The molecule has 1 unspecified atom stereocenters. The maximum atomic E-state index is 11.7. The van der Waals surface area contributed by atoms with Gasteiger partial charge in [0.25, 0.3) is 0 Å². The highest BCUT2D eigenvalue weighted by molar-refractivity contribution is 5.82. The summed E-state index contributed by atoms with van der Waals surface area (Å²) in [4.78, 5) is 23.9. The lowest BCUT2D eigenvalue weighted by atomic mass is 10.1. The average molecular weight is 246 g/mol. The third kappa shape index (κ3) is 6.11. The number of nitrogens with one attached hydrogen (secondary N) is 1. The molecule has 0 aromatic heterocycles. The number of carbonyl (C=O) groups is 2. The maximum Gasteiger partial charge on any atom is 0.326 e. The Morgan fingerprint density at radius 1 is 1.41 bits per heavy atom. The molecule has 100 valence electrons. The summed E-state index contributed by atoms with van der Waals surface area (Å²) in [5.41, 5.74) is 0. The smallest absolute Gasteiger partial charge is 0.326 e. The molecule has 0 aliphatic carbocycles. The molecule has 0 aromatic rings. The van der Waals surface area contributed by atoms with Crippen LogP contribution in [-0.4, -0.2) is 53.4 Å². The first-order valence-corrected chi connectivity index (χ1v) is 5.77. The van der Waals surface area contributed by atoms with Gasteiger partial charge < -0.3 is 20.4 Å². The van der Waals surface area contributed by atoms with Crippen molar-refractivity contribution >= 4 is 12.0 Å². The van der Waals surface area contributed by atoms with Crippen molar-refractivity contribution in [1.82, 2.24) is 10.2 Å². The third-order valence-electron chi connectivity index (χ3n) is 2.64. The van der Waals surface area contributed by atoms with E-state index in [9.17, 15) is 9.59 Å². The molecule has 0 aromatic carbocycles. The number of carbonyl (C=O) groups excluding carboxylic acids is 1. The van der Waals surface area contributed by atoms with Gasteiger partial charge in [0.2, 0.25) is 0 Å². The van der Waals surface area contributed by atoms with Crippen LogP contribution in [0.2, 0.25) is 0 Å². The van der Waals surface area contributed by atoms with E-state index in [0.717, 1.165) is 6.42 Å². The topological polar surface area (TPSA) is 89.9 Å². The maximum absolute atomic E-state index is 11.7. The molecule has 0 rings (SSSR count). The predicted octanol–water partition coefficient (Wildman–Crippen LogP) is 0.509. The monoisotopic (exact) mass is 246 g/mol. The fourth-order valence-electron chi connectivity index (χ4n) is 1.33. The van der Waals surface area contributed by atoms with Crippen LogP contribution in [-0.2, 0) is 4.79 Å². The molecule has 0 radical (unpaired) electrons. The van der Waals surface area contributed by atoms with Crippen LogP contribution in [0.25, 0.3) is 0 Å². The number of aliphatic hydroxyl groups is 1. The van der Waals surface area contributed by atoms with Crippen LogP contribution in [0.15, 0.2) is 0 Å². The number of rotatable bonds is 7. The van der Waals surface area contributed by atoms with Crippen LogP contribution >= 0.6 is 0 Å². The van der Waals surface area contributed by atoms with Crippen molar-refractivity contribution in [2.45, 2.75) is 32.7 Å². The van der Waals surface area contributed by atoms with Gasteiger partial charge in [0.05, 0.1) is 0 Å². The molecule has 0 aliphatic rings. The summed E-state index contributed by atoms with van der Waals surface area (Å²) in [6.07, 6.45) is 0.967. The summed E-state index contributed by atoms with van der Waals surface area (Å²) >= 11 is 0. The van der Waals surface area contributed by atoms with Crippen LogP contribution in [0.1, 0.15) is 26.7 Å². The van der Waals surface area contributed by atoms with Gasteiger partial charge in [0, 0.05) is 26.6 Å². The number of hydrogen-bond donors (Lipinski definition) is 3. The molecule has 0 spiro atoms. The van der Waals surface area contributed by atoms with Crippen LogP contribution < -0.4 is 5.32 Å². The van der Waals surface area contributed by atoms with Crippen LogP contribution in [0.4, 0.5) is 4.79 Å². The lowest BCUT2D eigenvalue weighted by molar-refractivity contribution is -0.139. The average Bonchev–Trinajstić information content (AvgIpc) is 2.27. The number of urea groups is 1. The molecular weight excluding hydrogens is 224 g/mol. The van der Waals surface area contributed by atoms with Crippen molar-refractivity contribution in [3.05, 3.63) is 0 Å². The van der Waals surface area contributed by atoms with Crippen molar-refractivity contribution < 1.29 is 19.8 Å². The zero-order chi connectivity index (χ0) is 13.4. The Morgan fingerprint density at radius 2 is 2.00 bits per heavy atom. The molecular formula is C11H22N2O4. The lowest BCUT2D eigenvalue weighted by Crippen LogP contribution is -2.47. The van der Waals surface area contributed by atoms with Crippen LogP contribution in [0, 0.1) is 5.92 Å². The third-order valence-corrected chi connectivity index (χ3v) is 2.64. The zero-order valence-corrected chi connectivity index (χ0v) is 10.6. The van der Waals surface area contributed by atoms with E-state index in [4.69, 9.17) is 10.2 Å². The largest absolute Gasteiger partial charge is 0.480 e. The highest BCUT2D eigenvalue weighted by atomic mass is 16.4. The Kier molecular flexibility index (Phi) is 7.29. The normalized spacial score (nSPS) is 13.9. The van der Waals surface area contributed by atoms with Crippen molar-refractivity contribution in [1.29, 1.82) is 0 Å².